The predicted molar refractivity (Wildman–Crippen MR) is 106 cm³/mol. The van der Waals surface area contributed by atoms with E-state index in [9.17, 15) is 4.79 Å². The average molecular weight is 380 g/mol. The van der Waals surface area contributed by atoms with Crippen LogP contribution in [0.5, 0.6) is 11.5 Å². The second kappa shape index (κ2) is 9.03. The molecule has 0 atom stereocenters. The van der Waals surface area contributed by atoms with Crippen molar-refractivity contribution in [2.24, 2.45) is 7.05 Å². The molecule has 3 rings (SSSR count). The van der Waals surface area contributed by atoms with E-state index in [1.807, 2.05) is 39.2 Å². The van der Waals surface area contributed by atoms with Crippen LogP contribution in [0.1, 0.15) is 29.8 Å². The molecule has 0 aliphatic rings. The van der Waals surface area contributed by atoms with Gasteiger partial charge in [-0.2, -0.15) is 5.10 Å². The Morgan fingerprint density at radius 1 is 1.07 bits per heavy atom. The summed E-state index contributed by atoms with van der Waals surface area (Å²) in [6, 6.07) is 9.05. The Bertz CT molecular complexity index is 935. The van der Waals surface area contributed by atoms with Gasteiger partial charge in [-0.25, -0.2) is 0 Å². The quantitative estimate of drug-likeness (QED) is 0.649. The number of nitrogens with one attached hydrogen (secondary N) is 1. The van der Waals surface area contributed by atoms with Gasteiger partial charge in [0.05, 0.1) is 25.1 Å². The van der Waals surface area contributed by atoms with Crippen molar-refractivity contribution in [3.05, 3.63) is 60.0 Å². The number of aromatic nitrogens is 3. The summed E-state index contributed by atoms with van der Waals surface area (Å²) < 4.78 is 12.8. The number of hydrogen-bond acceptors (Lipinski definition) is 5. The third-order valence-electron chi connectivity index (χ3n) is 4.08. The van der Waals surface area contributed by atoms with Crippen molar-refractivity contribution in [1.29, 1.82) is 0 Å². The van der Waals surface area contributed by atoms with E-state index in [4.69, 9.17) is 9.47 Å². The summed E-state index contributed by atoms with van der Waals surface area (Å²) in [7, 11) is 1.87. The zero-order valence-corrected chi connectivity index (χ0v) is 16.3. The Hall–Kier alpha value is -3.35. The molecule has 7 heteroatoms. The summed E-state index contributed by atoms with van der Waals surface area (Å²) in [5.41, 5.74) is 3.23. The van der Waals surface area contributed by atoms with Crippen LogP contribution in [0.3, 0.4) is 0 Å². The smallest absolute Gasteiger partial charge is 0.251 e. The minimum atomic E-state index is -0.180. The van der Waals surface area contributed by atoms with Crippen molar-refractivity contribution in [1.82, 2.24) is 20.1 Å². The van der Waals surface area contributed by atoms with Gasteiger partial charge in [-0.05, 0) is 43.7 Å². The van der Waals surface area contributed by atoms with Gasteiger partial charge >= 0.3 is 0 Å². The van der Waals surface area contributed by atoms with Crippen LogP contribution in [-0.4, -0.2) is 33.9 Å². The monoisotopic (exact) mass is 380 g/mol. The topological polar surface area (TPSA) is 78.3 Å². The van der Waals surface area contributed by atoms with Crippen LogP contribution >= 0.6 is 0 Å². The van der Waals surface area contributed by atoms with Crippen LogP contribution in [0.15, 0.2) is 48.9 Å². The van der Waals surface area contributed by atoms with E-state index in [-0.39, 0.29) is 5.91 Å². The fraction of sp³-hybridized carbons (Fsp3) is 0.286. The Kier molecular flexibility index (Phi) is 6.26. The molecule has 146 valence electrons. The first-order chi connectivity index (χ1) is 13.6. The summed E-state index contributed by atoms with van der Waals surface area (Å²) in [6.45, 7) is 5.22. The van der Waals surface area contributed by atoms with Crippen molar-refractivity contribution in [3.8, 4) is 22.8 Å². The molecule has 2 aromatic heterocycles. The normalized spacial score (nSPS) is 10.5. The maximum absolute atomic E-state index is 12.5. The Morgan fingerprint density at radius 3 is 2.50 bits per heavy atom. The number of ether oxygens (including phenoxy) is 2. The highest BCUT2D eigenvalue weighted by Crippen LogP contribution is 2.28. The summed E-state index contributed by atoms with van der Waals surface area (Å²) in [6.07, 6.45) is 5.43. The molecule has 0 unspecified atom stereocenters. The highest BCUT2D eigenvalue weighted by Gasteiger charge is 2.11. The van der Waals surface area contributed by atoms with E-state index < -0.39 is 0 Å². The van der Waals surface area contributed by atoms with E-state index in [0.717, 1.165) is 16.8 Å². The van der Waals surface area contributed by atoms with Gasteiger partial charge < -0.3 is 14.8 Å². The first-order valence-corrected chi connectivity index (χ1v) is 9.22. The molecule has 0 saturated heterocycles. The van der Waals surface area contributed by atoms with E-state index in [1.165, 1.54) is 0 Å². The third kappa shape index (κ3) is 4.68. The molecule has 1 aromatic carbocycles. The zero-order valence-electron chi connectivity index (χ0n) is 16.3. The summed E-state index contributed by atoms with van der Waals surface area (Å²) in [5.74, 6) is 1.02. The fourth-order valence-corrected chi connectivity index (χ4v) is 2.73. The standard InChI is InChI=1S/C21H24N4O3/c1-4-27-19-9-7-16(10-20(19)28-5-2)21(26)23-12-15-6-8-18(22-11-15)17-13-24-25(3)14-17/h6-11,13-14H,4-5,12H2,1-3H3,(H,23,26). The van der Waals surface area contributed by atoms with E-state index in [2.05, 4.69) is 15.4 Å². The molecular weight excluding hydrogens is 356 g/mol. The van der Waals surface area contributed by atoms with Gasteiger partial charge in [-0.15, -0.1) is 0 Å². The summed E-state index contributed by atoms with van der Waals surface area (Å²) >= 11 is 0. The molecule has 0 radical (unpaired) electrons. The van der Waals surface area contributed by atoms with Crippen molar-refractivity contribution < 1.29 is 14.3 Å². The Labute approximate surface area is 164 Å². The van der Waals surface area contributed by atoms with E-state index in [0.29, 0.717) is 36.8 Å². The molecule has 0 aliphatic carbocycles. The number of carbonyl (C=O) groups is 1. The number of pyridine rings is 1. The van der Waals surface area contributed by atoms with Crippen molar-refractivity contribution in [2.75, 3.05) is 13.2 Å². The number of amides is 1. The molecule has 0 saturated carbocycles. The largest absolute Gasteiger partial charge is 0.490 e. The SMILES string of the molecule is CCOc1ccc(C(=O)NCc2ccc(-c3cnn(C)c3)nc2)cc1OCC. The molecule has 2 heterocycles. The summed E-state index contributed by atoms with van der Waals surface area (Å²) in [5, 5.41) is 7.05. The lowest BCUT2D eigenvalue weighted by Gasteiger charge is -2.12. The molecule has 0 bridgehead atoms. The van der Waals surface area contributed by atoms with Gasteiger partial charge in [0.15, 0.2) is 11.5 Å². The molecule has 1 N–H and O–H groups in total. The second-order valence-electron chi connectivity index (χ2n) is 6.16. The van der Waals surface area contributed by atoms with Crippen LogP contribution < -0.4 is 14.8 Å². The molecular formula is C21H24N4O3. The molecule has 0 fully saturated rings. The lowest BCUT2D eigenvalue weighted by molar-refractivity contribution is 0.0950. The van der Waals surface area contributed by atoms with Gasteiger partial charge in [0.1, 0.15) is 0 Å². The van der Waals surface area contributed by atoms with Crippen LogP contribution in [0.2, 0.25) is 0 Å². The predicted octanol–water partition coefficient (Wildman–Crippen LogP) is 3.21. The van der Waals surface area contributed by atoms with Crippen LogP contribution in [0.25, 0.3) is 11.3 Å². The van der Waals surface area contributed by atoms with Crippen LogP contribution in [-0.2, 0) is 13.6 Å². The number of carbonyl (C=O) groups excluding carboxylic acids is 1. The van der Waals surface area contributed by atoms with Crippen molar-refractivity contribution in [2.45, 2.75) is 20.4 Å². The Balaban J connectivity index is 1.64. The minimum absolute atomic E-state index is 0.180. The number of rotatable bonds is 8. The van der Waals surface area contributed by atoms with Gasteiger partial charge in [0, 0.05) is 37.1 Å². The van der Waals surface area contributed by atoms with Crippen LogP contribution in [0.4, 0.5) is 0 Å². The number of benzene rings is 1. The third-order valence-corrected chi connectivity index (χ3v) is 4.08. The van der Waals surface area contributed by atoms with E-state index >= 15 is 0 Å². The lowest BCUT2D eigenvalue weighted by atomic mass is 10.1. The summed E-state index contributed by atoms with van der Waals surface area (Å²) in [4.78, 5) is 16.9. The zero-order chi connectivity index (χ0) is 19.9. The molecule has 1 amide bonds. The Morgan fingerprint density at radius 2 is 1.86 bits per heavy atom. The minimum Gasteiger partial charge on any atom is -0.490 e. The maximum Gasteiger partial charge on any atom is 0.251 e. The highest BCUT2D eigenvalue weighted by molar-refractivity contribution is 5.94. The second-order valence-corrected chi connectivity index (χ2v) is 6.16. The molecule has 0 aliphatic heterocycles. The molecule has 28 heavy (non-hydrogen) atoms. The lowest BCUT2D eigenvalue weighted by Crippen LogP contribution is -2.23. The average Bonchev–Trinajstić information content (AvgIpc) is 3.14. The van der Waals surface area contributed by atoms with Gasteiger partial charge in [-0.1, -0.05) is 6.07 Å². The number of nitrogens with zero attached hydrogens (tertiary/aromatic N) is 3. The highest BCUT2D eigenvalue weighted by atomic mass is 16.5. The van der Waals surface area contributed by atoms with Crippen molar-refractivity contribution >= 4 is 5.91 Å². The van der Waals surface area contributed by atoms with Crippen molar-refractivity contribution in [3.63, 3.8) is 0 Å². The molecule has 3 aromatic rings. The van der Waals surface area contributed by atoms with Gasteiger partial charge in [-0.3, -0.25) is 14.5 Å². The molecule has 0 spiro atoms. The number of aryl methyl sites for hydroxylation is 1. The maximum atomic E-state index is 12.5. The fourth-order valence-electron chi connectivity index (χ4n) is 2.73. The first kappa shape index (κ1) is 19.4. The number of hydrogen-bond donors (Lipinski definition) is 1. The van der Waals surface area contributed by atoms with E-state index in [1.54, 1.807) is 35.3 Å². The van der Waals surface area contributed by atoms with Gasteiger partial charge in [0.2, 0.25) is 0 Å². The first-order valence-electron chi connectivity index (χ1n) is 9.22. The van der Waals surface area contributed by atoms with Crippen LogP contribution in [0, 0.1) is 0 Å². The van der Waals surface area contributed by atoms with Gasteiger partial charge in [0.25, 0.3) is 5.91 Å². The molecule has 7 nitrogen and oxygen atoms in total.